The Labute approximate surface area is 160 Å². The van der Waals surface area contributed by atoms with Crippen molar-refractivity contribution in [2.75, 3.05) is 39.6 Å². The second-order valence-corrected chi connectivity index (χ2v) is 8.99. The summed E-state index contributed by atoms with van der Waals surface area (Å²) in [4.78, 5) is 27.0. The number of hydrogen-bond acceptors (Lipinski definition) is 5. The predicted molar refractivity (Wildman–Crippen MR) is 101 cm³/mol. The maximum Gasteiger partial charge on any atom is 0.247 e. The second kappa shape index (κ2) is 8.37. The Balaban J connectivity index is 2.22. The van der Waals surface area contributed by atoms with E-state index in [9.17, 15) is 18.0 Å². The van der Waals surface area contributed by atoms with Gasteiger partial charge in [0.25, 0.3) is 0 Å². The van der Waals surface area contributed by atoms with Crippen molar-refractivity contribution in [3.8, 4) is 0 Å². The molecule has 0 spiro atoms. The highest BCUT2D eigenvalue weighted by atomic mass is 32.2. The topological polar surface area (TPSA) is 96.0 Å². The van der Waals surface area contributed by atoms with Crippen molar-refractivity contribution in [2.24, 2.45) is 0 Å². The van der Waals surface area contributed by atoms with E-state index >= 15 is 0 Å². The number of aryl methyl sites for hydroxylation is 1. The summed E-state index contributed by atoms with van der Waals surface area (Å²) in [5.41, 5.74) is 0.717. The molecule has 1 fully saturated rings. The summed E-state index contributed by atoms with van der Waals surface area (Å²) in [6.45, 7) is 3.95. The van der Waals surface area contributed by atoms with Gasteiger partial charge in [0.2, 0.25) is 21.8 Å². The van der Waals surface area contributed by atoms with E-state index in [2.05, 4.69) is 5.32 Å². The minimum atomic E-state index is -3.60. The number of sulfonamides is 1. The molecule has 1 unspecified atom stereocenters. The fourth-order valence-electron chi connectivity index (χ4n) is 3.06. The normalized spacial score (nSPS) is 21.3. The van der Waals surface area contributed by atoms with Crippen molar-refractivity contribution in [3.05, 3.63) is 35.4 Å². The molecule has 1 heterocycles. The molecule has 0 saturated carbocycles. The number of rotatable bonds is 7. The molecule has 9 heteroatoms. The molecule has 1 saturated heterocycles. The Morgan fingerprint density at radius 2 is 1.93 bits per heavy atom. The number of nitrogens with one attached hydrogen (secondary N) is 1. The maximum atomic E-state index is 13.0. The van der Waals surface area contributed by atoms with Gasteiger partial charge in [0.1, 0.15) is 5.54 Å². The number of hydrogen-bond donors (Lipinski definition) is 1. The van der Waals surface area contributed by atoms with Gasteiger partial charge in [0, 0.05) is 26.7 Å². The Hall–Kier alpha value is -1.97. The highest BCUT2D eigenvalue weighted by molar-refractivity contribution is 7.88. The van der Waals surface area contributed by atoms with E-state index in [4.69, 9.17) is 4.74 Å². The van der Waals surface area contributed by atoms with Crippen LogP contribution in [0.5, 0.6) is 0 Å². The van der Waals surface area contributed by atoms with Crippen molar-refractivity contribution in [1.29, 1.82) is 0 Å². The lowest BCUT2D eigenvalue weighted by atomic mass is 9.95. The molecular weight excluding hydrogens is 370 g/mol. The standard InChI is InChI=1S/C18H27N3O5S/c1-14-5-7-15(8-6-14)11-19-17(23)18(2)13-20(27(4,24)25)12-16(22)21(18)9-10-26-3/h5-8H,9-13H2,1-4H3,(H,19,23). The minimum Gasteiger partial charge on any atom is -0.383 e. The van der Waals surface area contributed by atoms with Gasteiger partial charge < -0.3 is 15.0 Å². The van der Waals surface area contributed by atoms with Crippen LogP contribution in [0.2, 0.25) is 0 Å². The monoisotopic (exact) mass is 397 g/mol. The Morgan fingerprint density at radius 3 is 2.48 bits per heavy atom. The summed E-state index contributed by atoms with van der Waals surface area (Å²) in [6.07, 6.45) is 1.04. The van der Waals surface area contributed by atoms with E-state index in [1.807, 2.05) is 31.2 Å². The van der Waals surface area contributed by atoms with Crippen LogP contribution >= 0.6 is 0 Å². The minimum absolute atomic E-state index is 0.0962. The van der Waals surface area contributed by atoms with Gasteiger partial charge in [0.05, 0.1) is 19.4 Å². The number of carbonyl (C=O) groups is 2. The summed E-state index contributed by atoms with van der Waals surface area (Å²) in [6, 6.07) is 7.72. The van der Waals surface area contributed by atoms with E-state index in [0.29, 0.717) is 6.54 Å². The lowest BCUT2D eigenvalue weighted by molar-refractivity contribution is -0.153. The summed E-state index contributed by atoms with van der Waals surface area (Å²) in [5, 5.41) is 2.83. The zero-order valence-corrected chi connectivity index (χ0v) is 17.0. The third-order valence-electron chi connectivity index (χ3n) is 4.74. The van der Waals surface area contributed by atoms with Crippen molar-refractivity contribution in [1.82, 2.24) is 14.5 Å². The number of piperazine rings is 1. The summed E-state index contributed by atoms with van der Waals surface area (Å²) < 4.78 is 30.0. The first-order chi connectivity index (χ1) is 12.6. The molecule has 2 amide bonds. The number of benzene rings is 1. The van der Waals surface area contributed by atoms with Gasteiger partial charge in [-0.1, -0.05) is 29.8 Å². The van der Waals surface area contributed by atoms with Crippen LogP contribution in [0.3, 0.4) is 0 Å². The van der Waals surface area contributed by atoms with Gasteiger partial charge >= 0.3 is 0 Å². The number of nitrogens with zero attached hydrogens (tertiary/aromatic N) is 2. The molecule has 1 aliphatic heterocycles. The van der Waals surface area contributed by atoms with Crippen LogP contribution in [0.15, 0.2) is 24.3 Å². The highest BCUT2D eigenvalue weighted by Gasteiger charge is 2.49. The Morgan fingerprint density at radius 1 is 1.30 bits per heavy atom. The van der Waals surface area contributed by atoms with Crippen molar-refractivity contribution < 1.29 is 22.7 Å². The van der Waals surface area contributed by atoms with Crippen LogP contribution in [0.4, 0.5) is 0 Å². The molecule has 27 heavy (non-hydrogen) atoms. The summed E-state index contributed by atoms with van der Waals surface area (Å²) in [7, 11) is -2.10. The van der Waals surface area contributed by atoms with E-state index in [0.717, 1.165) is 21.7 Å². The first-order valence-corrected chi connectivity index (χ1v) is 10.5. The van der Waals surface area contributed by atoms with Gasteiger partial charge in [-0.2, -0.15) is 4.31 Å². The molecule has 1 aliphatic rings. The van der Waals surface area contributed by atoms with Crippen LogP contribution in [-0.4, -0.2) is 74.6 Å². The number of ether oxygens (including phenoxy) is 1. The average Bonchev–Trinajstić information content (AvgIpc) is 2.59. The molecule has 1 atom stereocenters. The third-order valence-corrected chi connectivity index (χ3v) is 5.94. The Bertz CT molecular complexity index is 794. The molecule has 0 radical (unpaired) electrons. The molecular formula is C18H27N3O5S. The largest absolute Gasteiger partial charge is 0.383 e. The van der Waals surface area contributed by atoms with Gasteiger partial charge in [-0.05, 0) is 19.4 Å². The molecule has 0 aromatic heterocycles. The summed E-state index contributed by atoms with van der Waals surface area (Å²) >= 11 is 0. The van der Waals surface area contributed by atoms with Gasteiger partial charge in [-0.3, -0.25) is 9.59 Å². The van der Waals surface area contributed by atoms with Crippen molar-refractivity contribution in [3.63, 3.8) is 0 Å². The molecule has 2 rings (SSSR count). The van der Waals surface area contributed by atoms with E-state index < -0.39 is 27.4 Å². The number of methoxy groups -OCH3 is 1. The lowest BCUT2D eigenvalue weighted by Gasteiger charge is -2.46. The number of amides is 2. The Kier molecular flexibility index (Phi) is 6.61. The van der Waals surface area contributed by atoms with Crippen molar-refractivity contribution >= 4 is 21.8 Å². The molecule has 150 valence electrons. The van der Waals surface area contributed by atoms with Gasteiger partial charge in [0.15, 0.2) is 0 Å². The second-order valence-electron chi connectivity index (χ2n) is 7.01. The van der Waals surface area contributed by atoms with Crippen LogP contribution in [-0.2, 0) is 30.9 Å². The molecule has 1 aromatic carbocycles. The molecule has 1 N–H and O–H groups in total. The van der Waals surface area contributed by atoms with E-state index in [1.54, 1.807) is 6.92 Å². The average molecular weight is 397 g/mol. The smallest absolute Gasteiger partial charge is 0.247 e. The van der Waals surface area contributed by atoms with Crippen LogP contribution < -0.4 is 5.32 Å². The third kappa shape index (κ3) is 5.06. The quantitative estimate of drug-likeness (QED) is 0.705. The maximum absolute atomic E-state index is 13.0. The summed E-state index contributed by atoms with van der Waals surface area (Å²) in [5.74, 6) is -0.822. The van der Waals surface area contributed by atoms with Crippen LogP contribution in [0.25, 0.3) is 0 Å². The zero-order chi connectivity index (χ0) is 20.2. The molecule has 8 nitrogen and oxygen atoms in total. The fourth-order valence-corrected chi connectivity index (χ4v) is 3.89. The fraction of sp³-hybridized carbons (Fsp3) is 0.556. The van der Waals surface area contributed by atoms with Crippen LogP contribution in [0.1, 0.15) is 18.1 Å². The van der Waals surface area contributed by atoms with Crippen LogP contribution in [0, 0.1) is 6.92 Å². The molecule has 0 bridgehead atoms. The zero-order valence-electron chi connectivity index (χ0n) is 16.2. The van der Waals surface area contributed by atoms with Gasteiger partial charge in [-0.15, -0.1) is 0 Å². The highest BCUT2D eigenvalue weighted by Crippen LogP contribution is 2.24. The molecule has 1 aromatic rings. The first kappa shape index (κ1) is 21.3. The van der Waals surface area contributed by atoms with E-state index in [1.165, 1.54) is 12.0 Å². The van der Waals surface area contributed by atoms with Crippen molar-refractivity contribution in [2.45, 2.75) is 25.9 Å². The first-order valence-electron chi connectivity index (χ1n) is 8.66. The lowest BCUT2D eigenvalue weighted by Crippen LogP contribution is -2.70. The predicted octanol–water partition coefficient (Wildman–Crippen LogP) is 0.120. The number of carbonyl (C=O) groups excluding carboxylic acids is 2. The van der Waals surface area contributed by atoms with Gasteiger partial charge in [-0.25, -0.2) is 8.42 Å². The van der Waals surface area contributed by atoms with E-state index in [-0.39, 0.29) is 26.2 Å². The SMILES string of the molecule is COCCN1C(=O)CN(S(C)(=O)=O)CC1(C)C(=O)NCc1ccc(C)cc1. The molecule has 0 aliphatic carbocycles.